The van der Waals surface area contributed by atoms with Crippen LogP contribution in [0.25, 0.3) is 0 Å². The lowest BCUT2D eigenvalue weighted by molar-refractivity contribution is 0.0709. The quantitative estimate of drug-likeness (QED) is 0.409. The summed E-state index contributed by atoms with van der Waals surface area (Å²) < 4.78 is 42.8. The molecule has 204 valence electrons. The van der Waals surface area contributed by atoms with Crippen molar-refractivity contribution in [2.75, 3.05) is 25.0 Å². The minimum Gasteiger partial charge on any atom is -0.371 e. The SMILES string of the molecule is C=CC(c1ccc(F)cc1)S(=O)(=O)N[C@@H]1CCc2ccc(C(=O)N(C)C3CCN(c4ccncc4)CC3)cc21. The van der Waals surface area contributed by atoms with Crippen LogP contribution in [0.3, 0.4) is 0 Å². The molecule has 2 aliphatic rings. The summed E-state index contributed by atoms with van der Waals surface area (Å²) in [6.07, 6.45) is 7.98. The molecule has 9 heteroatoms. The van der Waals surface area contributed by atoms with E-state index in [1.165, 1.54) is 30.3 Å². The zero-order chi connectivity index (χ0) is 27.6. The maximum atomic E-state index is 13.5. The topological polar surface area (TPSA) is 82.6 Å². The Kier molecular flexibility index (Phi) is 7.81. The van der Waals surface area contributed by atoms with Gasteiger partial charge in [-0.25, -0.2) is 17.5 Å². The molecule has 1 saturated heterocycles. The number of nitrogens with one attached hydrogen (secondary N) is 1. The van der Waals surface area contributed by atoms with Crippen LogP contribution < -0.4 is 9.62 Å². The number of piperidine rings is 1. The highest BCUT2D eigenvalue weighted by Crippen LogP contribution is 2.35. The summed E-state index contributed by atoms with van der Waals surface area (Å²) in [6, 6.07) is 14.7. The lowest BCUT2D eigenvalue weighted by Crippen LogP contribution is -2.45. The van der Waals surface area contributed by atoms with Crippen LogP contribution in [0.15, 0.2) is 79.6 Å². The van der Waals surface area contributed by atoms with E-state index in [1.807, 2.05) is 42.3 Å². The Balaban J connectivity index is 1.28. The van der Waals surface area contributed by atoms with Crippen LogP contribution in [0.2, 0.25) is 0 Å². The number of rotatable bonds is 8. The molecule has 0 bridgehead atoms. The summed E-state index contributed by atoms with van der Waals surface area (Å²) in [6.45, 7) is 5.42. The van der Waals surface area contributed by atoms with Gasteiger partial charge in [-0.3, -0.25) is 9.78 Å². The lowest BCUT2D eigenvalue weighted by Gasteiger charge is -2.38. The Morgan fingerprint density at radius 2 is 1.79 bits per heavy atom. The zero-order valence-electron chi connectivity index (χ0n) is 22.0. The van der Waals surface area contributed by atoms with Crippen molar-refractivity contribution in [3.63, 3.8) is 0 Å². The number of hydrogen-bond acceptors (Lipinski definition) is 5. The van der Waals surface area contributed by atoms with Crippen LogP contribution in [0.1, 0.15) is 57.6 Å². The third-order valence-corrected chi connectivity index (χ3v) is 9.63. The summed E-state index contributed by atoms with van der Waals surface area (Å²) in [5.74, 6) is -0.498. The van der Waals surface area contributed by atoms with Crippen molar-refractivity contribution in [1.29, 1.82) is 0 Å². The molecule has 2 aromatic carbocycles. The molecule has 2 heterocycles. The number of anilines is 1. The number of carbonyl (C=O) groups is 1. The third kappa shape index (κ3) is 5.74. The number of pyridine rings is 1. The van der Waals surface area contributed by atoms with Gasteiger partial charge in [0, 0.05) is 55.9 Å². The molecule has 1 amide bonds. The van der Waals surface area contributed by atoms with Gasteiger partial charge in [0.05, 0.1) is 0 Å². The van der Waals surface area contributed by atoms with Gasteiger partial charge in [0.25, 0.3) is 5.91 Å². The Hall–Kier alpha value is -3.56. The van der Waals surface area contributed by atoms with Gasteiger partial charge in [-0.05, 0) is 78.8 Å². The van der Waals surface area contributed by atoms with E-state index in [0.29, 0.717) is 17.5 Å². The third-order valence-electron chi connectivity index (χ3n) is 7.88. The minimum absolute atomic E-state index is 0.0658. The molecule has 7 nitrogen and oxygen atoms in total. The van der Waals surface area contributed by atoms with Crippen molar-refractivity contribution in [2.24, 2.45) is 0 Å². The van der Waals surface area contributed by atoms with Gasteiger partial charge >= 0.3 is 0 Å². The van der Waals surface area contributed by atoms with Crippen LogP contribution in [0.5, 0.6) is 0 Å². The Labute approximate surface area is 229 Å². The second kappa shape index (κ2) is 11.3. The van der Waals surface area contributed by atoms with Crippen LogP contribution in [-0.4, -0.2) is 50.4 Å². The van der Waals surface area contributed by atoms with Gasteiger partial charge in [0.1, 0.15) is 11.1 Å². The number of amides is 1. The number of aryl methyl sites for hydroxylation is 1. The van der Waals surface area contributed by atoms with E-state index in [2.05, 4.69) is 21.2 Å². The Bertz CT molecular complexity index is 1440. The number of carbonyl (C=O) groups excluding carboxylic acids is 1. The minimum atomic E-state index is -3.85. The van der Waals surface area contributed by atoms with E-state index in [1.54, 1.807) is 12.4 Å². The summed E-state index contributed by atoms with van der Waals surface area (Å²) in [7, 11) is -2.01. The summed E-state index contributed by atoms with van der Waals surface area (Å²) in [5.41, 5.74) is 4.00. The molecule has 3 aromatic rings. The largest absolute Gasteiger partial charge is 0.371 e. The molecule has 1 fully saturated rings. The smallest absolute Gasteiger partial charge is 0.253 e. The lowest BCUT2D eigenvalue weighted by atomic mass is 10.0. The molecule has 2 atom stereocenters. The fraction of sp³-hybridized carbons (Fsp3) is 0.333. The van der Waals surface area contributed by atoms with Crippen LogP contribution in [0.4, 0.5) is 10.1 Å². The van der Waals surface area contributed by atoms with Crippen molar-refractivity contribution >= 4 is 21.6 Å². The van der Waals surface area contributed by atoms with Crippen LogP contribution in [-0.2, 0) is 16.4 Å². The molecule has 1 aliphatic heterocycles. The van der Waals surface area contributed by atoms with Crippen molar-refractivity contribution < 1.29 is 17.6 Å². The Morgan fingerprint density at radius 1 is 1.10 bits per heavy atom. The molecule has 0 spiro atoms. The van der Waals surface area contributed by atoms with E-state index in [4.69, 9.17) is 0 Å². The molecule has 1 unspecified atom stereocenters. The number of benzene rings is 2. The average Bonchev–Trinajstić information content (AvgIpc) is 3.35. The normalized spacial score (nSPS) is 18.4. The van der Waals surface area contributed by atoms with Gasteiger partial charge in [0.2, 0.25) is 10.0 Å². The summed E-state index contributed by atoms with van der Waals surface area (Å²) in [5, 5.41) is -1.02. The number of sulfonamides is 1. The van der Waals surface area contributed by atoms with Gasteiger partial charge in [0.15, 0.2) is 0 Å². The highest BCUT2D eigenvalue weighted by atomic mass is 32.2. The molecule has 1 aliphatic carbocycles. The maximum Gasteiger partial charge on any atom is 0.253 e. The number of nitrogens with zero attached hydrogens (tertiary/aromatic N) is 3. The molecule has 1 N–H and O–H groups in total. The molecule has 5 rings (SSSR count). The fourth-order valence-electron chi connectivity index (χ4n) is 5.66. The highest BCUT2D eigenvalue weighted by Gasteiger charge is 2.33. The predicted octanol–water partition coefficient (Wildman–Crippen LogP) is 4.80. The summed E-state index contributed by atoms with van der Waals surface area (Å²) >= 11 is 0. The zero-order valence-corrected chi connectivity index (χ0v) is 22.8. The second-order valence-electron chi connectivity index (χ2n) is 10.2. The monoisotopic (exact) mass is 548 g/mol. The average molecular weight is 549 g/mol. The molecule has 0 saturated carbocycles. The molecular weight excluding hydrogens is 515 g/mol. The second-order valence-corrected chi connectivity index (χ2v) is 12.0. The van der Waals surface area contributed by atoms with E-state index in [0.717, 1.165) is 49.2 Å². The first kappa shape index (κ1) is 27.0. The van der Waals surface area contributed by atoms with Gasteiger partial charge < -0.3 is 9.80 Å². The highest BCUT2D eigenvalue weighted by molar-refractivity contribution is 7.89. The molecule has 1 aromatic heterocycles. The number of aromatic nitrogens is 1. The first-order valence-corrected chi connectivity index (χ1v) is 14.8. The standard InChI is InChI=1S/C30H33FN4O3S/c1-3-29(22-6-9-24(31)10-7-22)39(37,38)33-28-11-8-21-4-5-23(20-27(21)28)30(36)34(2)25-14-18-35(19-15-25)26-12-16-32-17-13-26/h3-7,9-10,12-13,16-17,20,25,28-29,33H,1,8,11,14-15,18-19H2,2H3/t28-,29?/m1/s1. The van der Waals surface area contributed by atoms with Crippen molar-refractivity contribution in [3.8, 4) is 0 Å². The van der Waals surface area contributed by atoms with E-state index < -0.39 is 27.1 Å². The number of halogens is 1. The molecule has 0 radical (unpaired) electrons. The number of fused-ring (bicyclic) bond motifs is 1. The Morgan fingerprint density at radius 3 is 2.46 bits per heavy atom. The predicted molar refractivity (Wildman–Crippen MR) is 150 cm³/mol. The number of hydrogen-bond donors (Lipinski definition) is 1. The van der Waals surface area contributed by atoms with Crippen LogP contribution >= 0.6 is 0 Å². The first-order valence-electron chi connectivity index (χ1n) is 13.2. The van der Waals surface area contributed by atoms with E-state index in [-0.39, 0.29) is 11.9 Å². The van der Waals surface area contributed by atoms with Gasteiger partial charge in [-0.15, -0.1) is 6.58 Å². The van der Waals surface area contributed by atoms with Crippen molar-refractivity contribution in [1.82, 2.24) is 14.6 Å². The maximum absolute atomic E-state index is 13.5. The van der Waals surface area contributed by atoms with Crippen molar-refractivity contribution in [3.05, 3.63) is 108 Å². The van der Waals surface area contributed by atoms with Gasteiger partial charge in [-0.1, -0.05) is 24.3 Å². The fourth-order valence-corrected chi connectivity index (χ4v) is 7.22. The molecular formula is C30H33FN4O3S. The van der Waals surface area contributed by atoms with E-state index >= 15 is 0 Å². The van der Waals surface area contributed by atoms with Crippen LogP contribution in [0, 0.1) is 5.82 Å². The summed E-state index contributed by atoms with van der Waals surface area (Å²) in [4.78, 5) is 21.7. The van der Waals surface area contributed by atoms with Gasteiger partial charge in [-0.2, -0.15) is 0 Å². The first-order chi connectivity index (χ1) is 18.8. The van der Waals surface area contributed by atoms with E-state index in [9.17, 15) is 17.6 Å². The van der Waals surface area contributed by atoms with Crippen molar-refractivity contribution in [2.45, 2.75) is 43.0 Å². The molecule has 39 heavy (non-hydrogen) atoms.